The van der Waals surface area contributed by atoms with Crippen LogP contribution in [0.25, 0.3) is 0 Å². The van der Waals surface area contributed by atoms with E-state index in [4.69, 9.17) is 4.74 Å². The van der Waals surface area contributed by atoms with Crippen molar-refractivity contribution in [3.05, 3.63) is 59.7 Å². The number of nitriles is 1. The number of ether oxygens (including phenoxy) is 1. The number of anilines is 1. The minimum Gasteiger partial charge on any atom is -0.466 e. The lowest BCUT2D eigenvalue weighted by molar-refractivity contribution is 0.0675. The van der Waals surface area contributed by atoms with Gasteiger partial charge in [0, 0.05) is 6.42 Å². The van der Waals surface area contributed by atoms with Crippen LogP contribution in [-0.2, 0) is 6.42 Å². The first kappa shape index (κ1) is 14.9. The van der Waals surface area contributed by atoms with Crippen LogP contribution in [0.2, 0.25) is 0 Å². The molecule has 0 saturated carbocycles. The molecular weight excluding hydrogens is 292 g/mol. The van der Waals surface area contributed by atoms with E-state index in [0.717, 1.165) is 5.56 Å². The highest BCUT2D eigenvalue weighted by Crippen LogP contribution is 2.38. The van der Waals surface area contributed by atoms with Crippen LogP contribution in [0.4, 0.5) is 10.5 Å². The molecule has 2 aromatic carbocycles. The van der Waals surface area contributed by atoms with Gasteiger partial charge in [-0.1, -0.05) is 30.3 Å². The Balaban J connectivity index is 2.04. The Labute approximate surface area is 134 Å². The molecule has 0 aliphatic carbocycles. The maximum absolute atomic E-state index is 11.9. The fraction of sp³-hybridized carbons (Fsp3) is 0.222. The molecule has 3 rings (SSSR count). The average molecular weight is 308 g/mol. The Hall–Kier alpha value is -3.00. The molecule has 5 heteroatoms. The summed E-state index contributed by atoms with van der Waals surface area (Å²) in [5.41, 5.74) is 0.929. The van der Waals surface area contributed by atoms with Gasteiger partial charge in [-0.05, 0) is 37.1 Å². The number of hydrogen-bond donors (Lipinski definition) is 1. The number of amides is 1. The fourth-order valence-electron chi connectivity index (χ4n) is 2.96. The molecular formula is C18H16N2O3. The standard InChI is InChI=1S/C18H16N2O3/c1-18(23-16-9-5-3-7-14(16)12-19)11-10-13-6-2-4-8-15(13)20(18)17(21)22/h2-9H,10-11H2,1H3,(H,21,22). The molecule has 2 aromatic rings. The number of rotatable bonds is 2. The van der Waals surface area contributed by atoms with E-state index in [9.17, 15) is 15.2 Å². The Kier molecular flexibility index (Phi) is 3.67. The molecule has 0 bridgehead atoms. The van der Waals surface area contributed by atoms with Gasteiger partial charge in [0.15, 0.2) is 5.72 Å². The predicted octanol–water partition coefficient (Wildman–Crippen LogP) is 3.78. The molecule has 0 saturated heterocycles. The van der Waals surface area contributed by atoms with Crippen molar-refractivity contribution < 1.29 is 14.6 Å². The monoisotopic (exact) mass is 308 g/mol. The van der Waals surface area contributed by atoms with Crippen molar-refractivity contribution in [2.75, 3.05) is 4.90 Å². The molecule has 1 atom stereocenters. The third-order valence-electron chi connectivity index (χ3n) is 4.09. The molecule has 1 heterocycles. The highest BCUT2D eigenvalue weighted by atomic mass is 16.5. The normalized spacial score (nSPS) is 19.6. The summed E-state index contributed by atoms with van der Waals surface area (Å²) in [4.78, 5) is 13.1. The first-order chi connectivity index (χ1) is 11.0. The maximum atomic E-state index is 11.9. The van der Waals surface area contributed by atoms with Gasteiger partial charge in [0.05, 0.1) is 11.3 Å². The van der Waals surface area contributed by atoms with E-state index in [1.165, 1.54) is 4.90 Å². The summed E-state index contributed by atoms with van der Waals surface area (Å²) in [6.07, 6.45) is 0.149. The molecule has 0 spiro atoms. The summed E-state index contributed by atoms with van der Waals surface area (Å²) in [6, 6.07) is 16.3. The first-order valence-corrected chi connectivity index (χ1v) is 7.34. The number of nitrogens with zero attached hydrogens (tertiary/aromatic N) is 2. The van der Waals surface area contributed by atoms with E-state index in [1.54, 1.807) is 37.3 Å². The minimum atomic E-state index is -1.07. The van der Waals surface area contributed by atoms with E-state index >= 15 is 0 Å². The summed E-state index contributed by atoms with van der Waals surface area (Å²) in [5.74, 6) is 0.392. The molecule has 0 radical (unpaired) electrons. The highest BCUT2D eigenvalue weighted by molar-refractivity contribution is 5.89. The second kappa shape index (κ2) is 5.65. The van der Waals surface area contributed by atoms with Crippen LogP contribution in [0.5, 0.6) is 5.75 Å². The van der Waals surface area contributed by atoms with Crippen molar-refractivity contribution in [1.82, 2.24) is 0 Å². The van der Waals surface area contributed by atoms with Gasteiger partial charge < -0.3 is 9.84 Å². The van der Waals surface area contributed by atoms with Crippen molar-refractivity contribution in [1.29, 1.82) is 5.26 Å². The number of fused-ring (bicyclic) bond motifs is 1. The van der Waals surface area contributed by atoms with Crippen LogP contribution in [0, 0.1) is 11.3 Å². The van der Waals surface area contributed by atoms with Gasteiger partial charge in [0.25, 0.3) is 0 Å². The van der Waals surface area contributed by atoms with Gasteiger partial charge in [0.2, 0.25) is 0 Å². The van der Waals surface area contributed by atoms with Crippen molar-refractivity contribution in [2.24, 2.45) is 0 Å². The molecule has 0 fully saturated rings. The number of hydrogen-bond acceptors (Lipinski definition) is 3. The lowest BCUT2D eigenvalue weighted by Gasteiger charge is -2.43. The first-order valence-electron chi connectivity index (χ1n) is 7.34. The second-order valence-electron chi connectivity index (χ2n) is 5.63. The Morgan fingerprint density at radius 1 is 1.26 bits per heavy atom. The molecule has 1 aliphatic heterocycles. The van der Waals surface area contributed by atoms with Crippen molar-refractivity contribution in [2.45, 2.75) is 25.5 Å². The summed E-state index contributed by atoms with van der Waals surface area (Å²) >= 11 is 0. The number of carboxylic acid groups (broad SMARTS) is 1. The molecule has 1 amide bonds. The Morgan fingerprint density at radius 3 is 2.70 bits per heavy atom. The molecule has 116 valence electrons. The number of aryl methyl sites for hydroxylation is 1. The van der Waals surface area contributed by atoms with Crippen LogP contribution in [0.15, 0.2) is 48.5 Å². The van der Waals surface area contributed by atoms with Gasteiger partial charge in [0.1, 0.15) is 11.8 Å². The number of para-hydroxylation sites is 2. The zero-order valence-corrected chi connectivity index (χ0v) is 12.7. The van der Waals surface area contributed by atoms with Gasteiger partial charge in [-0.2, -0.15) is 5.26 Å². The largest absolute Gasteiger partial charge is 0.466 e. The Morgan fingerprint density at radius 2 is 1.96 bits per heavy atom. The smallest absolute Gasteiger partial charge is 0.415 e. The van der Waals surface area contributed by atoms with Crippen LogP contribution < -0.4 is 9.64 Å². The summed E-state index contributed by atoms with van der Waals surface area (Å²) < 4.78 is 6.02. The SMILES string of the molecule is CC1(Oc2ccccc2C#N)CCc2ccccc2N1C(=O)O. The molecule has 5 nitrogen and oxygen atoms in total. The zero-order valence-electron chi connectivity index (χ0n) is 12.7. The highest BCUT2D eigenvalue weighted by Gasteiger charge is 2.43. The van der Waals surface area contributed by atoms with E-state index in [0.29, 0.717) is 29.8 Å². The lowest BCUT2D eigenvalue weighted by Crippen LogP contribution is -2.56. The Bertz CT molecular complexity index is 797. The number of carbonyl (C=O) groups is 1. The summed E-state index contributed by atoms with van der Waals surface area (Å²) in [5, 5.41) is 18.9. The van der Waals surface area contributed by atoms with E-state index in [1.807, 2.05) is 18.2 Å². The molecule has 23 heavy (non-hydrogen) atoms. The minimum absolute atomic E-state index is 0.387. The molecule has 0 aromatic heterocycles. The fourth-order valence-corrected chi connectivity index (χ4v) is 2.96. The zero-order chi connectivity index (χ0) is 16.4. The number of benzene rings is 2. The lowest BCUT2D eigenvalue weighted by atomic mass is 9.94. The summed E-state index contributed by atoms with van der Waals surface area (Å²) in [6.45, 7) is 1.74. The van der Waals surface area contributed by atoms with E-state index in [2.05, 4.69) is 6.07 Å². The predicted molar refractivity (Wildman–Crippen MR) is 85.5 cm³/mol. The van der Waals surface area contributed by atoms with Crippen molar-refractivity contribution in [3.8, 4) is 11.8 Å². The van der Waals surface area contributed by atoms with E-state index < -0.39 is 11.8 Å². The maximum Gasteiger partial charge on any atom is 0.415 e. The molecule has 1 unspecified atom stereocenters. The van der Waals surface area contributed by atoms with Gasteiger partial charge in [-0.25, -0.2) is 9.69 Å². The van der Waals surface area contributed by atoms with Gasteiger partial charge >= 0.3 is 6.09 Å². The molecule has 1 aliphatic rings. The van der Waals surface area contributed by atoms with Gasteiger partial charge in [-0.15, -0.1) is 0 Å². The average Bonchev–Trinajstić information content (AvgIpc) is 2.54. The summed E-state index contributed by atoms with van der Waals surface area (Å²) in [7, 11) is 0. The van der Waals surface area contributed by atoms with Crippen LogP contribution in [0.1, 0.15) is 24.5 Å². The van der Waals surface area contributed by atoms with Gasteiger partial charge in [-0.3, -0.25) is 0 Å². The van der Waals surface area contributed by atoms with Crippen LogP contribution in [-0.4, -0.2) is 16.9 Å². The molecule has 1 N–H and O–H groups in total. The topological polar surface area (TPSA) is 73.6 Å². The van der Waals surface area contributed by atoms with Crippen molar-refractivity contribution >= 4 is 11.8 Å². The quantitative estimate of drug-likeness (QED) is 0.916. The van der Waals surface area contributed by atoms with Crippen LogP contribution >= 0.6 is 0 Å². The van der Waals surface area contributed by atoms with Crippen molar-refractivity contribution in [3.63, 3.8) is 0 Å². The second-order valence-corrected chi connectivity index (χ2v) is 5.63. The third kappa shape index (κ3) is 2.59. The third-order valence-corrected chi connectivity index (χ3v) is 4.09. The van der Waals surface area contributed by atoms with Crippen LogP contribution in [0.3, 0.4) is 0 Å². The van der Waals surface area contributed by atoms with E-state index in [-0.39, 0.29) is 0 Å².